The summed E-state index contributed by atoms with van der Waals surface area (Å²) in [5.41, 5.74) is 1.85. The highest BCUT2D eigenvalue weighted by atomic mass is 19.4. The van der Waals surface area contributed by atoms with Gasteiger partial charge in [-0.1, -0.05) is 18.2 Å². The first-order valence-corrected chi connectivity index (χ1v) is 8.73. The van der Waals surface area contributed by atoms with Crippen molar-refractivity contribution in [3.05, 3.63) is 59.7 Å². The van der Waals surface area contributed by atoms with Crippen LogP contribution in [0.2, 0.25) is 0 Å². The summed E-state index contributed by atoms with van der Waals surface area (Å²) in [5, 5.41) is 3.63. The lowest BCUT2D eigenvalue weighted by Gasteiger charge is -2.16. The number of benzene rings is 2. The van der Waals surface area contributed by atoms with Crippen molar-refractivity contribution >= 4 is 23.7 Å². The monoisotopic (exact) mass is 405 g/mol. The van der Waals surface area contributed by atoms with E-state index in [0.717, 1.165) is 12.3 Å². The minimum absolute atomic E-state index is 0.00742. The molecule has 0 saturated carbocycles. The zero-order valence-corrected chi connectivity index (χ0v) is 15.4. The second-order valence-corrected chi connectivity index (χ2v) is 6.42. The molecular formula is C20H18F3N3O3. The van der Waals surface area contributed by atoms with Gasteiger partial charge in [-0.3, -0.25) is 9.59 Å². The van der Waals surface area contributed by atoms with E-state index < -0.39 is 23.6 Å². The number of rotatable bonds is 5. The molecule has 0 bridgehead atoms. The molecule has 3 rings (SSSR count). The number of ether oxygens (including phenoxy) is 1. The fourth-order valence-corrected chi connectivity index (χ4v) is 3.02. The van der Waals surface area contributed by atoms with Crippen LogP contribution in [0.25, 0.3) is 0 Å². The molecule has 1 fully saturated rings. The molecule has 0 aromatic heterocycles. The Kier molecular flexibility index (Phi) is 5.86. The Morgan fingerprint density at radius 1 is 1.21 bits per heavy atom. The molecular weight excluding hydrogens is 387 g/mol. The fourth-order valence-electron chi connectivity index (χ4n) is 3.02. The zero-order chi connectivity index (χ0) is 21.0. The molecule has 2 amide bonds. The maximum Gasteiger partial charge on any atom is 0.417 e. The van der Waals surface area contributed by atoms with Crippen molar-refractivity contribution in [3.63, 3.8) is 0 Å². The number of halogens is 3. The smallest absolute Gasteiger partial charge is 0.417 e. The topological polar surface area (TPSA) is 71.0 Å². The van der Waals surface area contributed by atoms with Crippen LogP contribution in [0.4, 0.5) is 18.9 Å². The van der Waals surface area contributed by atoms with Gasteiger partial charge in [-0.25, -0.2) is 5.43 Å². The maximum absolute atomic E-state index is 13.0. The molecule has 0 spiro atoms. The standard InChI is InChI=1S/C20H18F3N3O3/c1-29-16-8-6-15(7-9-16)26-12-14(10-18(26)27)19(28)25-24-11-13-4-2-3-5-17(13)20(21,22)23/h2-9,11,14H,10,12H2,1H3,(H,25,28)/b24-11-/t14-/m1/s1. The molecule has 29 heavy (non-hydrogen) atoms. The van der Waals surface area contributed by atoms with Crippen LogP contribution in [-0.4, -0.2) is 31.7 Å². The van der Waals surface area contributed by atoms with E-state index in [1.165, 1.54) is 30.2 Å². The Balaban J connectivity index is 1.63. The lowest BCUT2D eigenvalue weighted by Crippen LogP contribution is -2.30. The molecule has 1 aliphatic rings. The summed E-state index contributed by atoms with van der Waals surface area (Å²) in [6.07, 6.45) is -3.59. The van der Waals surface area contributed by atoms with Crippen LogP contribution in [0, 0.1) is 5.92 Å². The number of nitrogens with one attached hydrogen (secondary N) is 1. The van der Waals surface area contributed by atoms with Crippen molar-refractivity contribution in [1.82, 2.24) is 5.43 Å². The van der Waals surface area contributed by atoms with E-state index in [1.54, 1.807) is 24.3 Å². The minimum atomic E-state index is -4.52. The second-order valence-electron chi connectivity index (χ2n) is 6.42. The largest absolute Gasteiger partial charge is 0.497 e. The molecule has 0 aliphatic carbocycles. The van der Waals surface area contributed by atoms with Crippen molar-refractivity contribution < 1.29 is 27.5 Å². The van der Waals surface area contributed by atoms with Gasteiger partial charge in [-0.15, -0.1) is 0 Å². The number of methoxy groups -OCH3 is 1. The number of hydrogen-bond acceptors (Lipinski definition) is 4. The Morgan fingerprint density at radius 3 is 2.55 bits per heavy atom. The van der Waals surface area contributed by atoms with Gasteiger partial charge in [0.15, 0.2) is 0 Å². The molecule has 0 unspecified atom stereocenters. The highest BCUT2D eigenvalue weighted by Gasteiger charge is 2.35. The third-order valence-electron chi connectivity index (χ3n) is 4.52. The van der Waals surface area contributed by atoms with Crippen molar-refractivity contribution in [2.75, 3.05) is 18.6 Å². The molecule has 0 radical (unpaired) electrons. The molecule has 6 nitrogen and oxygen atoms in total. The van der Waals surface area contributed by atoms with Crippen LogP contribution in [0.3, 0.4) is 0 Å². The van der Waals surface area contributed by atoms with E-state index >= 15 is 0 Å². The number of hydrogen-bond donors (Lipinski definition) is 1. The van der Waals surface area contributed by atoms with Gasteiger partial charge in [-0.05, 0) is 30.3 Å². The quantitative estimate of drug-likeness (QED) is 0.613. The third kappa shape index (κ3) is 4.74. The van der Waals surface area contributed by atoms with Crippen LogP contribution in [-0.2, 0) is 15.8 Å². The Labute approximate surface area is 165 Å². The van der Waals surface area contributed by atoms with Crippen molar-refractivity contribution in [3.8, 4) is 5.75 Å². The van der Waals surface area contributed by atoms with Gasteiger partial charge in [0, 0.05) is 24.2 Å². The van der Waals surface area contributed by atoms with Crippen LogP contribution < -0.4 is 15.1 Å². The van der Waals surface area contributed by atoms with Gasteiger partial charge < -0.3 is 9.64 Å². The predicted octanol–water partition coefficient (Wildman–Crippen LogP) is 3.22. The van der Waals surface area contributed by atoms with E-state index in [9.17, 15) is 22.8 Å². The Bertz CT molecular complexity index is 927. The molecule has 2 aromatic carbocycles. The van der Waals surface area contributed by atoms with E-state index in [0.29, 0.717) is 11.4 Å². The molecule has 9 heteroatoms. The highest BCUT2D eigenvalue weighted by Crippen LogP contribution is 2.31. The van der Waals surface area contributed by atoms with Crippen molar-refractivity contribution in [1.29, 1.82) is 0 Å². The molecule has 152 valence electrons. The lowest BCUT2D eigenvalue weighted by atomic mass is 10.1. The van der Waals surface area contributed by atoms with Crippen LogP contribution in [0.15, 0.2) is 53.6 Å². The number of anilines is 1. The summed E-state index contributed by atoms with van der Waals surface area (Å²) in [6, 6.07) is 11.7. The maximum atomic E-state index is 13.0. The summed E-state index contributed by atoms with van der Waals surface area (Å²) in [6.45, 7) is 0.158. The Hall–Kier alpha value is -3.36. The number of carbonyl (C=O) groups excluding carboxylic acids is 2. The van der Waals surface area contributed by atoms with E-state index in [-0.39, 0.29) is 24.4 Å². The SMILES string of the molecule is COc1ccc(N2C[C@H](C(=O)N/N=C\c3ccccc3C(F)(F)F)CC2=O)cc1. The number of alkyl halides is 3. The van der Waals surface area contributed by atoms with Crippen LogP contribution in [0.5, 0.6) is 5.75 Å². The molecule has 1 aliphatic heterocycles. The zero-order valence-electron chi connectivity index (χ0n) is 15.4. The normalized spacial score (nSPS) is 17.0. The molecule has 1 heterocycles. The molecule has 2 aromatic rings. The van der Waals surface area contributed by atoms with Crippen LogP contribution in [0.1, 0.15) is 17.5 Å². The summed E-state index contributed by atoms with van der Waals surface area (Å²) in [7, 11) is 1.53. The lowest BCUT2D eigenvalue weighted by molar-refractivity contribution is -0.137. The van der Waals surface area contributed by atoms with Gasteiger partial charge in [0.25, 0.3) is 0 Å². The average Bonchev–Trinajstić information content (AvgIpc) is 3.09. The summed E-state index contributed by atoms with van der Waals surface area (Å²) < 4.78 is 44.0. The third-order valence-corrected chi connectivity index (χ3v) is 4.52. The minimum Gasteiger partial charge on any atom is -0.497 e. The first-order chi connectivity index (χ1) is 13.8. The van der Waals surface area contributed by atoms with E-state index in [2.05, 4.69) is 10.5 Å². The van der Waals surface area contributed by atoms with Crippen molar-refractivity contribution in [2.45, 2.75) is 12.6 Å². The van der Waals surface area contributed by atoms with E-state index in [1.807, 2.05) is 0 Å². The molecule has 1 atom stereocenters. The van der Waals surface area contributed by atoms with Gasteiger partial charge in [0.05, 0.1) is 24.8 Å². The second kappa shape index (κ2) is 8.34. The highest BCUT2D eigenvalue weighted by molar-refractivity contribution is 6.00. The summed E-state index contributed by atoms with van der Waals surface area (Å²) in [4.78, 5) is 26.0. The Morgan fingerprint density at radius 2 is 1.90 bits per heavy atom. The van der Waals surface area contributed by atoms with Gasteiger partial charge in [0.1, 0.15) is 5.75 Å². The van der Waals surface area contributed by atoms with Gasteiger partial charge >= 0.3 is 6.18 Å². The number of carbonyl (C=O) groups is 2. The van der Waals surface area contributed by atoms with Gasteiger partial charge in [0.2, 0.25) is 11.8 Å². The number of nitrogens with zero attached hydrogens (tertiary/aromatic N) is 2. The van der Waals surface area contributed by atoms with Crippen LogP contribution >= 0.6 is 0 Å². The fraction of sp³-hybridized carbons (Fsp3) is 0.250. The first kappa shape index (κ1) is 20.4. The summed E-state index contributed by atoms with van der Waals surface area (Å²) in [5.74, 6) is -0.764. The number of amides is 2. The van der Waals surface area contributed by atoms with Crippen molar-refractivity contribution in [2.24, 2.45) is 11.0 Å². The summed E-state index contributed by atoms with van der Waals surface area (Å²) >= 11 is 0. The molecule has 1 saturated heterocycles. The van der Waals surface area contributed by atoms with Gasteiger partial charge in [-0.2, -0.15) is 18.3 Å². The number of hydrazone groups is 1. The molecule has 1 N–H and O–H groups in total. The average molecular weight is 405 g/mol. The van der Waals surface area contributed by atoms with E-state index in [4.69, 9.17) is 4.74 Å². The predicted molar refractivity (Wildman–Crippen MR) is 101 cm³/mol. The first-order valence-electron chi connectivity index (χ1n) is 8.73.